The number of methoxy groups -OCH3 is 1. The molecule has 0 unspecified atom stereocenters. The maximum atomic E-state index is 12.2. The van der Waals surface area contributed by atoms with Gasteiger partial charge in [0, 0.05) is 17.3 Å². The van der Waals surface area contributed by atoms with E-state index in [0.717, 1.165) is 0 Å². The van der Waals surface area contributed by atoms with E-state index in [1.54, 1.807) is 49.6 Å². The van der Waals surface area contributed by atoms with Crippen LogP contribution in [0.2, 0.25) is 0 Å². The van der Waals surface area contributed by atoms with E-state index >= 15 is 0 Å². The number of alkyl halides is 1. The number of carbonyl (C=O) groups is 1. The molecule has 0 bridgehead atoms. The summed E-state index contributed by atoms with van der Waals surface area (Å²) in [5.74, 6) is 0.960. The van der Waals surface area contributed by atoms with E-state index in [-0.39, 0.29) is 11.8 Å². The van der Waals surface area contributed by atoms with Crippen molar-refractivity contribution in [2.45, 2.75) is 0 Å². The highest BCUT2D eigenvalue weighted by Gasteiger charge is 2.06. The quantitative estimate of drug-likeness (QED) is 0.505. The number of nitrogens with one attached hydrogen (secondary N) is 1. The number of rotatable bonds is 5. The van der Waals surface area contributed by atoms with E-state index < -0.39 is 0 Å². The average Bonchev–Trinajstić information content (AvgIpc) is 2.55. The lowest BCUT2D eigenvalue weighted by Crippen LogP contribution is -2.12. The first kappa shape index (κ1) is 15.9. The summed E-state index contributed by atoms with van der Waals surface area (Å²) >= 11 is 5.57. The number of halogens is 1. The number of hydrogen-bond acceptors (Lipinski definition) is 3. The number of benzene rings is 2. The number of amidine groups is 1. The standard InChI is InChI=1S/C16H16ClN3O2/c1-22-14-4-2-3-13(9-14)20-16(21)11-5-7-12(8-6-11)19-15(18)10-17/h2-9H,10H2,1H3,(H2,18,19)(H,20,21). The van der Waals surface area contributed by atoms with Gasteiger partial charge in [-0.15, -0.1) is 11.6 Å². The molecule has 5 nitrogen and oxygen atoms in total. The Hall–Kier alpha value is -2.53. The molecule has 0 saturated carbocycles. The van der Waals surface area contributed by atoms with Crippen molar-refractivity contribution in [2.24, 2.45) is 10.7 Å². The molecule has 0 saturated heterocycles. The van der Waals surface area contributed by atoms with Crippen molar-refractivity contribution < 1.29 is 9.53 Å². The van der Waals surface area contributed by atoms with Gasteiger partial charge >= 0.3 is 0 Å². The number of carbonyl (C=O) groups excluding carboxylic acids is 1. The molecule has 0 aromatic heterocycles. The lowest BCUT2D eigenvalue weighted by atomic mass is 10.2. The smallest absolute Gasteiger partial charge is 0.255 e. The Morgan fingerprint density at radius 2 is 2.00 bits per heavy atom. The van der Waals surface area contributed by atoms with E-state index in [9.17, 15) is 4.79 Å². The van der Waals surface area contributed by atoms with Gasteiger partial charge in [-0.2, -0.15) is 0 Å². The maximum Gasteiger partial charge on any atom is 0.255 e. The number of nitrogens with two attached hydrogens (primary N) is 1. The van der Waals surface area contributed by atoms with Crippen LogP contribution in [0.1, 0.15) is 10.4 Å². The summed E-state index contributed by atoms with van der Waals surface area (Å²) in [6.45, 7) is 0. The second kappa shape index (κ2) is 7.47. The third-order valence-electron chi connectivity index (χ3n) is 2.87. The van der Waals surface area contributed by atoms with Crippen molar-refractivity contribution in [2.75, 3.05) is 18.3 Å². The van der Waals surface area contributed by atoms with Gasteiger partial charge in [-0.3, -0.25) is 4.79 Å². The minimum atomic E-state index is -0.214. The van der Waals surface area contributed by atoms with Gasteiger partial charge in [-0.25, -0.2) is 4.99 Å². The molecule has 3 N–H and O–H groups in total. The van der Waals surface area contributed by atoms with Crippen molar-refractivity contribution in [3.63, 3.8) is 0 Å². The first-order valence-corrected chi connectivity index (χ1v) is 7.10. The molecule has 0 aliphatic carbocycles. The number of hydrogen-bond donors (Lipinski definition) is 2. The van der Waals surface area contributed by atoms with Gasteiger partial charge in [-0.1, -0.05) is 6.07 Å². The highest BCUT2D eigenvalue weighted by Crippen LogP contribution is 2.18. The van der Waals surface area contributed by atoms with E-state index in [1.807, 2.05) is 6.07 Å². The topological polar surface area (TPSA) is 76.7 Å². The van der Waals surface area contributed by atoms with Crippen LogP contribution < -0.4 is 15.8 Å². The summed E-state index contributed by atoms with van der Waals surface area (Å²) in [6, 6.07) is 13.9. The highest BCUT2D eigenvalue weighted by atomic mass is 35.5. The lowest BCUT2D eigenvalue weighted by molar-refractivity contribution is 0.102. The second-order valence-electron chi connectivity index (χ2n) is 4.47. The zero-order valence-electron chi connectivity index (χ0n) is 12.0. The van der Waals surface area contributed by atoms with Crippen molar-refractivity contribution in [3.8, 4) is 5.75 Å². The highest BCUT2D eigenvalue weighted by molar-refractivity contribution is 6.28. The Kier molecular flexibility index (Phi) is 5.38. The average molecular weight is 318 g/mol. The molecule has 0 fully saturated rings. The first-order chi connectivity index (χ1) is 10.6. The third kappa shape index (κ3) is 4.23. The SMILES string of the molecule is COc1cccc(NC(=O)c2ccc(N=C(N)CCl)cc2)c1. The molecule has 0 radical (unpaired) electrons. The Morgan fingerprint density at radius 1 is 1.27 bits per heavy atom. The predicted molar refractivity (Wildman–Crippen MR) is 89.4 cm³/mol. The maximum absolute atomic E-state index is 12.2. The molecule has 2 aromatic rings. The Bertz CT molecular complexity index is 684. The van der Waals surface area contributed by atoms with Crippen LogP contribution in [0.5, 0.6) is 5.75 Å². The van der Waals surface area contributed by atoms with Crippen molar-refractivity contribution in [3.05, 3.63) is 54.1 Å². The van der Waals surface area contributed by atoms with E-state index in [4.69, 9.17) is 22.1 Å². The fourth-order valence-electron chi connectivity index (χ4n) is 1.79. The molecular formula is C16H16ClN3O2. The summed E-state index contributed by atoms with van der Waals surface area (Å²) in [6.07, 6.45) is 0. The first-order valence-electron chi connectivity index (χ1n) is 6.57. The van der Waals surface area contributed by atoms with Crippen LogP contribution in [0.4, 0.5) is 11.4 Å². The van der Waals surface area contributed by atoms with Crippen molar-refractivity contribution >= 4 is 34.7 Å². The van der Waals surface area contributed by atoms with Crippen LogP contribution in [0.3, 0.4) is 0 Å². The van der Waals surface area contributed by atoms with Crippen LogP contribution in [0.15, 0.2) is 53.5 Å². The largest absolute Gasteiger partial charge is 0.497 e. The van der Waals surface area contributed by atoms with Crippen LogP contribution in [-0.2, 0) is 0 Å². The molecule has 0 heterocycles. The van der Waals surface area contributed by atoms with Crippen LogP contribution in [0.25, 0.3) is 0 Å². The molecule has 22 heavy (non-hydrogen) atoms. The number of ether oxygens (including phenoxy) is 1. The normalized spacial score (nSPS) is 11.1. The van der Waals surface area contributed by atoms with Crippen LogP contribution in [-0.4, -0.2) is 24.7 Å². The number of amides is 1. The molecule has 114 valence electrons. The predicted octanol–water partition coefficient (Wildman–Crippen LogP) is 3.18. The zero-order chi connectivity index (χ0) is 15.9. The van der Waals surface area contributed by atoms with Gasteiger partial charge < -0.3 is 15.8 Å². The minimum absolute atomic E-state index is 0.165. The Morgan fingerprint density at radius 3 is 2.64 bits per heavy atom. The van der Waals surface area contributed by atoms with Crippen molar-refractivity contribution in [1.82, 2.24) is 0 Å². The molecule has 2 aromatic carbocycles. The van der Waals surface area contributed by atoms with Crippen LogP contribution >= 0.6 is 11.6 Å². The third-order valence-corrected chi connectivity index (χ3v) is 3.14. The van der Waals surface area contributed by atoms with Gasteiger partial charge in [0.2, 0.25) is 0 Å². The lowest BCUT2D eigenvalue weighted by Gasteiger charge is -2.07. The summed E-state index contributed by atoms with van der Waals surface area (Å²) in [5, 5.41) is 2.80. The summed E-state index contributed by atoms with van der Waals surface area (Å²) < 4.78 is 5.12. The monoisotopic (exact) mass is 317 g/mol. The molecule has 0 spiro atoms. The molecule has 0 aliphatic rings. The number of anilines is 1. The molecule has 1 amide bonds. The molecular weight excluding hydrogens is 302 g/mol. The Balaban J connectivity index is 2.09. The van der Waals surface area contributed by atoms with Crippen molar-refractivity contribution in [1.29, 1.82) is 0 Å². The van der Waals surface area contributed by atoms with E-state index in [2.05, 4.69) is 10.3 Å². The Labute approximate surface area is 133 Å². The van der Waals surface area contributed by atoms with Gasteiger partial charge in [0.1, 0.15) is 11.6 Å². The fourth-order valence-corrected chi connectivity index (χ4v) is 1.85. The number of aliphatic imine (C=N–C) groups is 1. The zero-order valence-corrected chi connectivity index (χ0v) is 12.8. The molecule has 6 heteroatoms. The number of nitrogens with zero attached hydrogens (tertiary/aromatic N) is 1. The minimum Gasteiger partial charge on any atom is -0.497 e. The van der Waals surface area contributed by atoms with E-state index in [1.165, 1.54) is 0 Å². The summed E-state index contributed by atoms with van der Waals surface area (Å²) in [5.41, 5.74) is 7.39. The van der Waals surface area contributed by atoms with Crippen LogP contribution in [0, 0.1) is 0 Å². The van der Waals surface area contributed by atoms with Gasteiger partial charge in [0.05, 0.1) is 18.7 Å². The van der Waals surface area contributed by atoms with E-state index in [0.29, 0.717) is 28.5 Å². The summed E-state index contributed by atoms with van der Waals surface area (Å²) in [7, 11) is 1.58. The summed E-state index contributed by atoms with van der Waals surface area (Å²) in [4.78, 5) is 16.3. The fraction of sp³-hybridized carbons (Fsp3) is 0.125. The molecule has 2 rings (SSSR count). The molecule has 0 atom stereocenters. The molecule has 0 aliphatic heterocycles. The second-order valence-corrected chi connectivity index (χ2v) is 4.74. The van der Waals surface area contributed by atoms with Gasteiger partial charge in [0.25, 0.3) is 5.91 Å². The van der Waals surface area contributed by atoms with Gasteiger partial charge in [-0.05, 0) is 36.4 Å². The van der Waals surface area contributed by atoms with Gasteiger partial charge in [0.15, 0.2) is 0 Å².